The zero-order valence-electron chi connectivity index (χ0n) is 9.08. The van der Waals surface area contributed by atoms with Crippen LogP contribution in [0.4, 0.5) is 8.78 Å². The summed E-state index contributed by atoms with van der Waals surface area (Å²) in [5, 5.41) is 0. The third-order valence-corrected chi connectivity index (χ3v) is 3.17. The number of halogens is 3. The van der Waals surface area contributed by atoms with Crippen LogP contribution in [0.2, 0.25) is 0 Å². The van der Waals surface area contributed by atoms with Gasteiger partial charge in [-0.05, 0) is 45.8 Å². The molecular formula is C13H8BrF2NO. The van der Waals surface area contributed by atoms with E-state index in [4.69, 9.17) is 5.73 Å². The molecule has 2 nitrogen and oxygen atoms in total. The highest BCUT2D eigenvalue weighted by molar-refractivity contribution is 9.10. The van der Waals surface area contributed by atoms with Gasteiger partial charge in [0.2, 0.25) is 5.91 Å². The topological polar surface area (TPSA) is 43.1 Å². The molecule has 2 rings (SSSR count). The van der Waals surface area contributed by atoms with Crippen molar-refractivity contribution >= 4 is 21.8 Å². The van der Waals surface area contributed by atoms with Gasteiger partial charge in [-0.25, -0.2) is 8.78 Å². The molecule has 0 radical (unpaired) electrons. The van der Waals surface area contributed by atoms with Crippen LogP contribution in [0.15, 0.2) is 40.9 Å². The summed E-state index contributed by atoms with van der Waals surface area (Å²) in [6, 6.07) is 7.94. The second-order valence-electron chi connectivity index (χ2n) is 3.68. The summed E-state index contributed by atoms with van der Waals surface area (Å²) in [5.74, 6) is -1.96. The van der Waals surface area contributed by atoms with Gasteiger partial charge >= 0.3 is 0 Å². The molecule has 0 aliphatic carbocycles. The number of carbonyl (C=O) groups excluding carboxylic acids is 1. The van der Waals surface area contributed by atoms with Crippen LogP contribution in [0.5, 0.6) is 0 Å². The highest BCUT2D eigenvalue weighted by Gasteiger charge is 2.11. The number of hydrogen-bond acceptors (Lipinski definition) is 1. The molecule has 1 amide bonds. The molecule has 0 spiro atoms. The number of hydrogen-bond donors (Lipinski definition) is 1. The van der Waals surface area contributed by atoms with E-state index >= 15 is 0 Å². The van der Waals surface area contributed by atoms with Crippen molar-refractivity contribution in [2.75, 3.05) is 0 Å². The van der Waals surface area contributed by atoms with Gasteiger partial charge in [-0.1, -0.05) is 6.07 Å². The van der Waals surface area contributed by atoms with Crippen molar-refractivity contribution in [3.8, 4) is 11.1 Å². The Labute approximate surface area is 111 Å². The van der Waals surface area contributed by atoms with E-state index in [0.717, 1.165) is 12.1 Å². The van der Waals surface area contributed by atoms with Gasteiger partial charge in [-0.2, -0.15) is 0 Å². The van der Waals surface area contributed by atoms with Gasteiger partial charge in [0.05, 0.1) is 5.56 Å². The second kappa shape index (κ2) is 4.86. The molecule has 0 atom stereocenters. The van der Waals surface area contributed by atoms with Crippen molar-refractivity contribution in [2.45, 2.75) is 0 Å². The highest BCUT2D eigenvalue weighted by Crippen LogP contribution is 2.27. The first-order valence-electron chi connectivity index (χ1n) is 5.04. The molecule has 18 heavy (non-hydrogen) atoms. The Bertz CT molecular complexity index is 628. The van der Waals surface area contributed by atoms with Crippen LogP contribution in [-0.4, -0.2) is 5.91 Å². The molecule has 0 fully saturated rings. The lowest BCUT2D eigenvalue weighted by Crippen LogP contribution is -2.11. The summed E-state index contributed by atoms with van der Waals surface area (Å²) in [6.07, 6.45) is 0. The smallest absolute Gasteiger partial charge is 0.249 e. The minimum Gasteiger partial charge on any atom is -0.366 e. The molecule has 0 aliphatic rings. The standard InChI is InChI=1S/C13H8BrF2NO/c14-11-4-1-7(5-10(11)13(17)18)9-3-2-8(15)6-12(9)16/h1-6H,(H2,17,18). The van der Waals surface area contributed by atoms with Crippen molar-refractivity contribution in [3.63, 3.8) is 0 Å². The van der Waals surface area contributed by atoms with Crippen LogP contribution in [0, 0.1) is 11.6 Å². The first kappa shape index (κ1) is 12.7. The largest absolute Gasteiger partial charge is 0.366 e. The van der Waals surface area contributed by atoms with E-state index < -0.39 is 17.5 Å². The van der Waals surface area contributed by atoms with Crippen molar-refractivity contribution in [1.82, 2.24) is 0 Å². The molecule has 0 unspecified atom stereocenters. The molecule has 0 bridgehead atoms. The minimum atomic E-state index is -0.687. The zero-order chi connectivity index (χ0) is 13.3. The summed E-state index contributed by atoms with van der Waals surface area (Å²) in [5.41, 5.74) is 6.12. The molecule has 2 N–H and O–H groups in total. The van der Waals surface area contributed by atoms with Crippen LogP contribution >= 0.6 is 15.9 Å². The van der Waals surface area contributed by atoms with Gasteiger partial charge in [0, 0.05) is 16.1 Å². The van der Waals surface area contributed by atoms with Crippen molar-refractivity contribution in [1.29, 1.82) is 0 Å². The van der Waals surface area contributed by atoms with Gasteiger partial charge in [0.1, 0.15) is 11.6 Å². The van der Waals surface area contributed by atoms with E-state index in [1.807, 2.05) is 0 Å². The Kier molecular flexibility index (Phi) is 3.43. The third-order valence-electron chi connectivity index (χ3n) is 2.47. The maximum atomic E-state index is 13.6. The van der Waals surface area contributed by atoms with Crippen LogP contribution in [-0.2, 0) is 0 Å². The molecule has 5 heteroatoms. The molecule has 0 aromatic heterocycles. The number of amides is 1. The molecule has 0 heterocycles. The molecule has 0 saturated carbocycles. The van der Waals surface area contributed by atoms with Crippen molar-refractivity contribution in [3.05, 3.63) is 58.1 Å². The number of primary amides is 1. The van der Waals surface area contributed by atoms with Crippen molar-refractivity contribution < 1.29 is 13.6 Å². The first-order valence-corrected chi connectivity index (χ1v) is 5.83. The Balaban J connectivity index is 2.58. The van der Waals surface area contributed by atoms with Crippen LogP contribution in [0.3, 0.4) is 0 Å². The molecular weight excluding hydrogens is 304 g/mol. The van der Waals surface area contributed by atoms with Gasteiger partial charge < -0.3 is 5.73 Å². The summed E-state index contributed by atoms with van der Waals surface area (Å²) in [4.78, 5) is 11.2. The highest BCUT2D eigenvalue weighted by atomic mass is 79.9. The Morgan fingerprint density at radius 3 is 2.44 bits per heavy atom. The van der Waals surface area contributed by atoms with Gasteiger partial charge in [0.25, 0.3) is 0 Å². The van der Waals surface area contributed by atoms with E-state index in [0.29, 0.717) is 10.0 Å². The minimum absolute atomic E-state index is 0.214. The first-order chi connectivity index (χ1) is 8.49. The average molecular weight is 312 g/mol. The lowest BCUT2D eigenvalue weighted by Gasteiger charge is -2.06. The normalized spacial score (nSPS) is 10.4. The molecule has 92 valence electrons. The monoisotopic (exact) mass is 311 g/mol. The van der Waals surface area contributed by atoms with Gasteiger partial charge in [-0.15, -0.1) is 0 Å². The zero-order valence-corrected chi connectivity index (χ0v) is 10.7. The predicted molar refractivity (Wildman–Crippen MR) is 68.0 cm³/mol. The van der Waals surface area contributed by atoms with E-state index in [9.17, 15) is 13.6 Å². The Hall–Kier alpha value is -1.75. The van der Waals surface area contributed by atoms with Crippen LogP contribution in [0.1, 0.15) is 10.4 Å². The van der Waals surface area contributed by atoms with Crippen LogP contribution < -0.4 is 5.73 Å². The van der Waals surface area contributed by atoms with E-state index in [1.54, 1.807) is 12.1 Å². The summed E-state index contributed by atoms with van der Waals surface area (Å²) < 4.78 is 26.9. The third kappa shape index (κ3) is 2.41. The molecule has 0 aliphatic heterocycles. The summed E-state index contributed by atoms with van der Waals surface area (Å²) in [7, 11) is 0. The molecule has 2 aromatic carbocycles. The predicted octanol–water partition coefficient (Wildman–Crippen LogP) is 3.49. The maximum absolute atomic E-state index is 13.6. The number of rotatable bonds is 2. The molecule has 2 aromatic rings. The Morgan fingerprint density at radius 2 is 1.83 bits per heavy atom. The van der Waals surface area contributed by atoms with E-state index in [1.165, 1.54) is 12.1 Å². The van der Waals surface area contributed by atoms with Gasteiger partial charge in [0.15, 0.2) is 0 Å². The summed E-state index contributed by atoms with van der Waals surface area (Å²) in [6.45, 7) is 0. The quantitative estimate of drug-likeness (QED) is 0.906. The second-order valence-corrected chi connectivity index (χ2v) is 4.54. The molecule has 0 saturated heterocycles. The van der Waals surface area contributed by atoms with Crippen LogP contribution in [0.25, 0.3) is 11.1 Å². The lowest BCUT2D eigenvalue weighted by molar-refractivity contribution is 0.0999. The number of carbonyl (C=O) groups is 1. The van der Waals surface area contributed by atoms with E-state index in [2.05, 4.69) is 15.9 Å². The maximum Gasteiger partial charge on any atom is 0.249 e. The van der Waals surface area contributed by atoms with E-state index in [-0.39, 0.29) is 11.1 Å². The SMILES string of the molecule is NC(=O)c1cc(-c2ccc(F)cc2F)ccc1Br. The number of benzene rings is 2. The van der Waals surface area contributed by atoms with Crippen molar-refractivity contribution in [2.24, 2.45) is 5.73 Å². The fraction of sp³-hybridized carbons (Fsp3) is 0. The number of nitrogens with two attached hydrogens (primary N) is 1. The fourth-order valence-electron chi connectivity index (χ4n) is 1.61. The summed E-state index contributed by atoms with van der Waals surface area (Å²) >= 11 is 3.18. The Morgan fingerprint density at radius 1 is 1.11 bits per heavy atom. The lowest BCUT2D eigenvalue weighted by atomic mass is 10.0. The fourth-order valence-corrected chi connectivity index (χ4v) is 2.05. The average Bonchev–Trinajstić information content (AvgIpc) is 2.30. The van der Waals surface area contributed by atoms with Gasteiger partial charge in [-0.3, -0.25) is 4.79 Å².